The van der Waals surface area contributed by atoms with Gasteiger partial charge in [-0.15, -0.1) is 0 Å². The molecule has 1 aliphatic rings. The molecule has 0 spiro atoms. The summed E-state index contributed by atoms with van der Waals surface area (Å²) >= 11 is 0. The molecule has 2 heteroatoms. The van der Waals surface area contributed by atoms with E-state index in [0.29, 0.717) is 6.10 Å². The van der Waals surface area contributed by atoms with Gasteiger partial charge in [0.15, 0.2) is 0 Å². The number of epoxide rings is 1. The summed E-state index contributed by atoms with van der Waals surface area (Å²) in [4.78, 5) is 0. The minimum Gasteiger partial charge on any atom is -0.373 e. The van der Waals surface area contributed by atoms with Crippen molar-refractivity contribution in [3.8, 4) is 0 Å². The van der Waals surface area contributed by atoms with Crippen molar-refractivity contribution in [3.05, 3.63) is 37.1 Å². The molecular weight excluding hydrogens is 157 g/mol. The van der Waals surface area contributed by atoms with Gasteiger partial charge in [-0.05, 0) is 6.92 Å². The molecule has 0 aliphatic carbocycles. The Hall–Kier alpha value is 0.830. The Labute approximate surface area is 87.3 Å². The largest absolute Gasteiger partial charge is 0.373 e. The minimum atomic E-state index is 0. The van der Waals surface area contributed by atoms with Crippen LogP contribution < -0.4 is 0 Å². The second kappa shape index (κ2) is 22.5. The molecule has 1 radical (unpaired) electrons. The molecule has 1 fully saturated rings. The zero-order chi connectivity index (χ0) is 2.99. The van der Waals surface area contributed by atoms with Crippen molar-refractivity contribution < 1.29 is 30.6 Å². The monoisotopic (exact) mass is 178 g/mol. The van der Waals surface area contributed by atoms with Crippen LogP contribution in [0.1, 0.15) is 6.92 Å². The molecule has 1 unspecified atom stereocenters. The molecule has 1 heterocycles. The van der Waals surface area contributed by atoms with Gasteiger partial charge in [0.25, 0.3) is 0 Å². The van der Waals surface area contributed by atoms with Crippen LogP contribution in [0.3, 0.4) is 0 Å². The van der Waals surface area contributed by atoms with Gasteiger partial charge in [-0.1, -0.05) is 0 Å². The Morgan fingerprint density at radius 2 is 1.10 bits per heavy atom. The third-order valence-corrected chi connectivity index (χ3v) is 0.500. The summed E-state index contributed by atoms with van der Waals surface area (Å²) in [5, 5.41) is 0. The minimum absolute atomic E-state index is 0. The third kappa shape index (κ3) is 36.9. The van der Waals surface area contributed by atoms with E-state index in [0.717, 1.165) is 6.61 Å². The van der Waals surface area contributed by atoms with Gasteiger partial charge in [-0.25, -0.2) is 0 Å². The fourth-order valence-corrected chi connectivity index (χ4v) is 0.0962. The smallest absolute Gasteiger partial charge is 0.0781 e. The summed E-state index contributed by atoms with van der Waals surface area (Å²) in [5.74, 6) is 0. The zero-order valence-corrected chi connectivity index (χ0v) is 10.1. The summed E-state index contributed by atoms with van der Waals surface area (Å²) in [6.45, 7) is 3.04. The second-order valence-electron chi connectivity index (χ2n) is 1.14. The van der Waals surface area contributed by atoms with Gasteiger partial charge in [0.05, 0.1) is 12.7 Å². The van der Waals surface area contributed by atoms with Gasteiger partial charge >= 0.3 is 0 Å². The summed E-state index contributed by atoms with van der Waals surface area (Å²) in [5.41, 5.74) is 0. The van der Waals surface area contributed by atoms with E-state index in [1.807, 2.05) is 0 Å². The molecule has 67 valence electrons. The molecule has 1 aliphatic heterocycles. The van der Waals surface area contributed by atoms with Gasteiger partial charge in [-0.3, -0.25) is 0 Å². The van der Waals surface area contributed by atoms with Crippen LogP contribution in [0.2, 0.25) is 0 Å². The maximum atomic E-state index is 4.71. The predicted octanol–water partition coefficient (Wildman–Crippen LogP) is 2.65. The molecule has 0 N–H and O–H groups in total. The first-order valence-electron chi connectivity index (χ1n) is 1.51. The van der Waals surface area contributed by atoms with E-state index in [4.69, 9.17) is 4.74 Å². The van der Waals surface area contributed by atoms with Crippen LogP contribution in [0.4, 0.5) is 0 Å². The van der Waals surface area contributed by atoms with Crippen molar-refractivity contribution in [1.29, 1.82) is 0 Å². The van der Waals surface area contributed by atoms with Crippen molar-refractivity contribution in [1.82, 2.24) is 0 Å². The number of rotatable bonds is 0. The van der Waals surface area contributed by atoms with E-state index in [2.05, 4.69) is 6.92 Å². The Balaban J connectivity index is -0.00000000667. The standard InChI is InChI=1S/C3H6O.5CH3.Sc/c1-3-2-4-3;;;;;;/h3H,2H2,1H3;5*1H3;/q;5*-1;. The first-order chi connectivity index (χ1) is 1.89. The molecule has 1 atom stereocenters. The van der Waals surface area contributed by atoms with Crippen molar-refractivity contribution in [3.63, 3.8) is 0 Å². The van der Waals surface area contributed by atoms with Crippen LogP contribution in [0.5, 0.6) is 0 Å². The first kappa shape index (κ1) is 44.9. The molecule has 0 amide bonds. The zero-order valence-electron chi connectivity index (χ0n) is 8.27. The van der Waals surface area contributed by atoms with Crippen LogP contribution in [0, 0.1) is 37.1 Å². The first-order valence-corrected chi connectivity index (χ1v) is 1.51. The maximum absolute atomic E-state index is 4.71. The summed E-state index contributed by atoms with van der Waals surface area (Å²) in [7, 11) is 0. The Bertz CT molecular complexity index is 28.4. The van der Waals surface area contributed by atoms with Gasteiger partial charge in [0, 0.05) is 25.8 Å². The maximum Gasteiger partial charge on any atom is 0.0781 e. The van der Waals surface area contributed by atoms with E-state index < -0.39 is 0 Å². The quantitative estimate of drug-likeness (QED) is 0.410. The van der Waals surface area contributed by atoms with Crippen LogP contribution in [0.25, 0.3) is 0 Å². The topological polar surface area (TPSA) is 12.5 Å². The molecule has 0 bridgehead atoms. The SMILES string of the molecule is CC1CO1.[CH3-].[CH3-].[CH3-].[CH3-].[CH3-].[Sc]. The summed E-state index contributed by atoms with van der Waals surface area (Å²) in [6, 6.07) is 0. The predicted molar refractivity (Wildman–Crippen MR) is 47.5 cm³/mol. The van der Waals surface area contributed by atoms with E-state index >= 15 is 0 Å². The molecular formula is C8H21OSc-5. The molecule has 0 aromatic rings. The molecule has 0 aromatic carbocycles. The fraction of sp³-hybridized carbons (Fsp3) is 0.375. The van der Waals surface area contributed by atoms with Crippen molar-refractivity contribution in [2.45, 2.75) is 13.0 Å². The average molecular weight is 178 g/mol. The Kier molecular flexibility index (Phi) is 101. The van der Waals surface area contributed by atoms with Crippen LogP contribution in [0.15, 0.2) is 0 Å². The van der Waals surface area contributed by atoms with Gasteiger partial charge in [-0.2, -0.15) is 0 Å². The summed E-state index contributed by atoms with van der Waals surface area (Å²) < 4.78 is 4.71. The third-order valence-electron chi connectivity index (χ3n) is 0.500. The van der Waals surface area contributed by atoms with Crippen molar-refractivity contribution >= 4 is 0 Å². The van der Waals surface area contributed by atoms with Gasteiger partial charge in [0.1, 0.15) is 0 Å². The van der Waals surface area contributed by atoms with Crippen LogP contribution >= 0.6 is 0 Å². The molecule has 1 rings (SSSR count). The second-order valence-corrected chi connectivity index (χ2v) is 1.14. The molecule has 0 aromatic heterocycles. The fourth-order valence-electron chi connectivity index (χ4n) is 0.0962. The Morgan fingerprint density at radius 1 is 1.00 bits per heavy atom. The van der Waals surface area contributed by atoms with E-state index in [9.17, 15) is 0 Å². The van der Waals surface area contributed by atoms with Crippen molar-refractivity contribution in [2.75, 3.05) is 6.61 Å². The summed E-state index contributed by atoms with van der Waals surface area (Å²) in [6.07, 6.45) is 0.583. The van der Waals surface area contributed by atoms with E-state index in [1.165, 1.54) is 0 Å². The Morgan fingerprint density at radius 3 is 1.10 bits per heavy atom. The van der Waals surface area contributed by atoms with Crippen LogP contribution in [-0.2, 0) is 30.6 Å². The molecule has 10 heavy (non-hydrogen) atoms. The number of ether oxygens (including phenoxy) is 1. The molecule has 0 saturated carbocycles. The van der Waals surface area contributed by atoms with Crippen LogP contribution in [-0.4, -0.2) is 12.7 Å². The van der Waals surface area contributed by atoms with E-state index in [-0.39, 0.29) is 63.0 Å². The normalized spacial score (nSPS) is 15.9. The molecule has 1 nitrogen and oxygen atoms in total. The van der Waals surface area contributed by atoms with Gasteiger partial charge < -0.3 is 41.9 Å². The number of hydrogen-bond acceptors (Lipinski definition) is 1. The van der Waals surface area contributed by atoms with E-state index in [1.54, 1.807) is 0 Å². The molecule has 1 saturated heterocycles. The number of hydrogen-bond donors (Lipinski definition) is 0. The van der Waals surface area contributed by atoms with Crippen molar-refractivity contribution in [2.24, 2.45) is 0 Å². The van der Waals surface area contributed by atoms with Gasteiger partial charge in [0.2, 0.25) is 0 Å². The average Bonchev–Trinajstić information content (AvgIpc) is 1.75.